The third-order valence-corrected chi connectivity index (χ3v) is 4.73. The van der Waals surface area contributed by atoms with Gasteiger partial charge in [-0.15, -0.1) is 0 Å². The summed E-state index contributed by atoms with van der Waals surface area (Å²) in [4.78, 5) is 0. The van der Waals surface area contributed by atoms with Crippen LogP contribution in [0.25, 0.3) is 0 Å². The molecule has 0 aliphatic heterocycles. The Labute approximate surface area is 141 Å². The highest BCUT2D eigenvalue weighted by Gasteiger charge is 2.15. The lowest BCUT2D eigenvalue weighted by atomic mass is 9.86. The summed E-state index contributed by atoms with van der Waals surface area (Å²) in [5.74, 6) is 1.85. The third kappa shape index (κ3) is 4.07. The molecule has 0 amide bonds. The molecule has 0 bridgehead atoms. The molecular formula is C17H22N4OS. The van der Waals surface area contributed by atoms with Crippen molar-refractivity contribution < 1.29 is 5.11 Å². The second kappa shape index (κ2) is 7.55. The van der Waals surface area contributed by atoms with Gasteiger partial charge in [-0.1, -0.05) is 44.2 Å². The van der Waals surface area contributed by atoms with Gasteiger partial charge in [0.15, 0.2) is 5.82 Å². The normalized spacial score (nSPS) is 16.2. The number of H-pyrrole nitrogens is 1. The maximum Gasteiger partial charge on any atom is 0.216 e. The van der Waals surface area contributed by atoms with E-state index in [1.165, 1.54) is 32.1 Å². The zero-order valence-corrected chi connectivity index (χ0v) is 13.9. The number of phenols is 1. The van der Waals surface area contributed by atoms with E-state index < -0.39 is 0 Å². The molecule has 0 unspecified atom stereocenters. The van der Waals surface area contributed by atoms with Crippen LogP contribution in [-0.2, 0) is 6.42 Å². The first-order valence-corrected chi connectivity index (χ1v) is 8.63. The Bertz CT molecular complexity index is 728. The van der Waals surface area contributed by atoms with Crippen molar-refractivity contribution in [2.75, 3.05) is 0 Å². The molecule has 1 fully saturated rings. The second-order valence-electron chi connectivity index (χ2n) is 6.10. The Morgan fingerprint density at radius 3 is 2.87 bits per heavy atom. The Morgan fingerprint density at radius 2 is 2.09 bits per heavy atom. The first kappa shape index (κ1) is 15.9. The highest BCUT2D eigenvalue weighted by molar-refractivity contribution is 7.71. The average Bonchev–Trinajstić information content (AvgIpc) is 2.93. The predicted molar refractivity (Wildman–Crippen MR) is 93.4 cm³/mol. The first-order chi connectivity index (χ1) is 11.2. The fraction of sp³-hybridized carbons (Fsp3) is 0.471. The molecule has 122 valence electrons. The van der Waals surface area contributed by atoms with E-state index >= 15 is 0 Å². The van der Waals surface area contributed by atoms with Crippen LogP contribution in [0.4, 0.5) is 0 Å². The van der Waals surface area contributed by atoms with E-state index in [0.29, 0.717) is 10.3 Å². The number of phenolic OH excluding ortho intramolecular Hbond substituents is 1. The minimum Gasteiger partial charge on any atom is -0.507 e. The van der Waals surface area contributed by atoms with Crippen molar-refractivity contribution in [3.63, 3.8) is 0 Å². The Hall–Kier alpha value is -1.95. The molecule has 1 aromatic carbocycles. The predicted octanol–water partition coefficient (Wildman–Crippen LogP) is 4.04. The number of hydrogen-bond acceptors (Lipinski definition) is 4. The number of rotatable bonds is 5. The number of aromatic hydroxyl groups is 1. The number of aromatic amines is 1. The standard InChI is InChI=1S/C17H22N4OS/c22-15-9-5-4-8-14(15)12-18-21-16(19-20-17(21)23)11-10-13-6-2-1-3-7-13/h4-5,8-9,12-13,22H,1-3,6-7,10-11H2,(H,20,23)/b18-12+. The van der Waals surface area contributed by atoms with Gasteiger partial charge in [0.05, 0.1) is 6.21 Å². The van der Waals surface area contributed by atoms with Crippen LogP contribution in [0.1, 0.15) is 49.9 Å². The summed E-state index contributed by atoms with van der Waals surface area (Å²) in [6.45, 7) is 0. The monoisotopic (exact) mass is 330 g/mol. The molecular weight excluding hydrogens is 308 g/mol. The number of aromatic nitrogens is 3. The number of aryl methyl sites for hydroxylation is 1. The van der Waals surface area contributed by atoms with Gasteiger partial charge in [-0.3, -0.25) is 5.10 Å². The lowest BCUT2D eigenvalue weighted by Crippen LogP contribution is -2.09. The molecule has 0 radical (unpaired) electrons. The second-order valence-corrected chi connectivity index (χ2v) is 6.49. The van der Waals surface area contributed by atoms with Gasteiger partial charge in [0.1, 0.15) is 5.75 Å². The van der Waals surface area contributed by atoms with Crippen LogP contribution in [0.5, 0.6) is 5.75 Å². The Balaban J connectivity index is 1.71. The van der Waals surface area contributed by atoms with Gasteiger partial charge in [-0.05, 0) is 36.7 Å². The van der Waals surface area contributed by atoms with Gasteiger partial charge in [0.25, 0.3) is 0 Å². The minimum absolute atomic E-state index is 0.204. The van der Waals surface area contributed by atoms with Crippen LogP contribution in [-0.4, -0.2) is 26.2 Å². The van der Waals surface area contributed by atoms with E-state index in [-0.39, 0.29) is 5.75 Å². The van der Waals surface area contributed by atoms with Crippen LogP contribution in [0.15, 0.2) is 29.4 Å². The topological polar surface area (TPSA) is 66.2 Å². The SMILES string of the molecule is Oc1ccccc1/C=N/n1c(CCC2CCCCC2)n[nH]c1=S. The summed E-state index contributed by atoms with van der Waals surface area (Å²) in [7, 11) is 0. The Kier molecular flexibility index (Phi) is 5.23. The number of hydrogen-bond donors (Lipinski definition) is 2. The largest absolute Gasteiger partial charge is 0.507 e. The van der Waals surface area contributed by atoms with Crippen molar-refractivity contribution in [3.05, 3.63) is 40.4 Å². The zero-order valence-electron chi connectivity index (χ0n) is 13.1. The number of nitrogens with zero attached hydrogens (tertiary/aromatic N) is 3. The summed E-state index contributed by atoms with van der Waals surface area (Å²) in [5.41, 5.74) is 0.661. The van der Waals surface area contributed by atoms with Gasteiger partial charge in [0.2, 0.25) is 4.77 Å². The number of nitrogens with one attached hydrogen (secondary N) is 1. The van der Waals surface area contributed by atoms with Gasteiger partial charge < -0.3 is 5.11 Å². The smallest absolute Gasteiger partial charge is 0.216 e. The zero-order chi connectivity index (χ0) is 16.1. The molecule has 2 N–H and O–H groups in total. The molecule has 0 spiro atoms. The summed E-state index contributed by atoms with van der Waals surface area (Å²) >= 11 is 5.26. The number of benzene rings is 1. The van der Waals surface area contributed by atoms with E-state index in [1.807, 2.05) is 12.1 Å². The van der Waals surface area contributed by atoms with Crippen LogP contribution in [0, 0.1) is 10.7 Å². The molecule has 0 saturated heterocycles. The van der Waals surface area contributed by atoms with E-state index in [1.54, 1.807) is 23.0 Å². The maximum atomic E-state index is 9.80. The maximum absolute atomic E-state index is 9.80. The third-order valence-electron chi connectivity index (χ3n) is 4.47. The van der Waals surface area contributed by atoms with Crippen molar-refractivity contribution in [2.45, 2.75) is 44.9 Å². The molecule has 5 nitrogen and oxygen atoms in total. The summed E-state index contributed by atoms with van der Waals surface area (Å²) in [6, 6.07) is 7.09. The molecule has 23 heavy (non-hydrogen) atoms. The van der Waals surface area contributed by atoms with E-state index in [0.717, 1.165) is 24.6 Å². The van der Waals surface area contributed by atoms with Crippen LogP contribution < -0.4 is 0 Å². The van der Waals surface area contributed by atoms with Crippen LogP contribution >= 0.6 is 12.2 Å². The van der Waals surface area contributed by atoms with Crippen LogP contribution in [0.3, 0.4) is 0 Å². The lowest BCUT2D eigenvalue weighted by molar-refractivity contribution is 0.336. The molecule has 3 rings (SSSR count). The van der Waals surface area contributed by atoms with Crippen molar-refractivity contribution in [1.29, 1.82) is 0 Å². The van der Waals surface area contributed by atoms with Crippen molar-refractivity contribution in [2.24, 2.45) is 11.0 Å². The molecule has 6 heteroatoms. The van der Waals surface area contributed by atoms with Crippen molar-refractivity contribution in [1.82, 2.24) is 14.9 Å². The molecule has 2 aromatic rings. The highest BCUT2D eigenvalue weighted by Crippen LogP contribution is 2.27. The molecule has 1 aliphatic rings. The summed E-state index contributed by atoms with van der Waals surface area (Å²) in [5, 5.41) is 21.3. The van der Waals surface area contributed by atoms with Crippen molar-refractivity contribution >= 4 is 18.4 Å². The van der Waals surface area contributed by atoms with Gasteiger partial charge in [-0.2, -0.15) is 14.9 Å². The van der Waals surface area contributed by atoms with Gasteiger partial charge in [-0.25, -0.2) is 0 Å². The summed E-state index contributed by atoms with van der Waals surface area (Å²) in [6.07, 6.45) is 10.3. The Morgan fingerprint density at radius 1 is 1.30 bits per heavy atom. The lowest BCUT2D eigenvalue weighted by Gasteiger charge is -2.20. The van der Waals surface area contributed by atoms with Gasteiger partial charge in [0, 0.05) is 12.0 Å². The van der Waals surface area contributed by atoms with E-state index in [4.69, 9.17) is 12.2 Å². The average molecular weight is 330 g/mol. The molecule has 1 aromatic heterocycles. The van der Waals surface area contributed by atoms with E-state index in [2.05, 4.69) is 15.3 Å². The quantitative estimate of drug-likeness (QED) is 0.642. The fourth-order valence-corrected chi connectivity index (χ4v) is 3.33. The summed E-state index contributed by atoms with van der Waals surface area (Å²) < 4.78 is 2.14. The number of para-hydroxylation sites is 1. The van der Waals surface area contributed by atoms with Crippen LogP contribution in [0.2, 0.25) is 0 Å². The molecule has 0 atom stereocenters. The molecule has 1 aliphatic carbocycles. The molecule has 1 heterocycles. The first-order valence-electron chi connectivity index (χ1n) is 8.22. The molecule has 1 saturated carbocycles. The van der Waals surface area contributed by atoms with E-state index in [9.17, 15) is 5.11 Å². The van der Waals surface area contributed by atoms with Gasteiger partial charge >= 0.3 is 0 Å². The minimum atomic E-state index is 0.204. The highest BCUT2D eigenvalue weighted by atomic mass is 32.1. The van der Waals surface area contributed by atoms with Crippen molar-refractivity contribution in [3.8, 4) is 5.75 Å². The fourth-order valence-electron chi connectivity index (χ4n) is 3.13.